The number of methoxy groups -OCH3 is 1. The number of amides is 1. The maximum Gasteiger partial charge on any atom is 0.222 e. The Kier molecular flexibility index (Phi) is 4.83. The van der Waals surface area contributed by atoms with E-state index in [-0.39, 0.29) is 5.91 Å². The van der Waals surface area contributed by atoms with Gasteiger partial charge < -0.3 is 9.64 Å². The van der Waals surface area contributed by atoms with Gasteiger partial charge in [0.1, 0.15) is 5.75 Å². The van der Waals surface area contributed by atoms with Crippen LogP contribution in [-0.4, -0.2) is 25.0 Å². The molecule has 0 aliphatic rings. The minimum absolute atomic E-state index is 0.174. The van der Waals surface area contributed by atoms with Crippen LogP contribution in [0.4, 0.5) is 0 Å². The lowest BCUT2D eigenvalue weighted by Gasteiger charge is -2.18. The van der Waals surface area contributed by atoms with Gasteiger partial charge in [0.05, 0.1) is 7.11 Å². The van der Waals surface area contributed by atoms with Crippen molar-refractivity contribution in [1.82, 2.24) is 4.90 Å². The molecule has 0 fully saturated rings. The van der Waals surface area contributed by atoms with Crippen LogP contribution in [0.5, 0.6) is 5.75 Å². The van der Waals surface area contributed by atoms with E-state index in [0.29, 0.717) is 13.0 Å². The van der Waals surface area contributed by atoms with Gasteiger partial charge in [-0.25, -0.2) is 0 Å². The Morgan fingerprint density at radius 1 is 1.38 bits per heavy atom. The molecule has 0 bridgehead atoms. The van der Waals surface area contributed by atoms with Crippen molar-refractivity contribution in [2.75, 3.05) is 14.2 Å². The molecule has 3 heteroatoms. The lowest BCUT2D eigenvalue weighted by molar-refractivity contribution is -0.130. The molecule has 0 spiro atoms. The summed E-state index contributed by atoms with van der Waals surface area (Å²) >= 11 is 0. The fourth-order valence-corrected chi connectivity index (χ4v) is 1.58. The van der Waals surface area contributed by atoms with Crippen LogP contribution in [0.3, 0.4) is 0 Å². The molecule has 1 aromatic rings. The Balaban J connectivity index is 2.68. The van der Waals surface area contributed by atoms with Crippen molar-refractivity contribution in [3.8, 4) is 5.75 Å². The largest absolute Gasteiger partial charge is 0.496 e. The van der Waals surface area contributed by atoms with E-state index in [0.717, 1.165) is 17.7 Å². The first-order valence-electron chi connectivity index (χ1n) is 5.55. The second-order valence-corrected chi connectivity index (χ2v) is 3.81. The van der Waals surface area contributed by atoms with E-state index in [1.807, 2.05) is 38.2 Å². The molecule has 0 aromatic heterocycles. The third-order valence-electron chi connectivity index (χ3n) is 2.49. The summed E-state index contributed by atoms with van der Waals surface area (Å²) in [6, 6.07) is 7.77. The molecule has 0 aliphatic carbocycles. The number of carbonyl (C=O) groups excluding carboxylic acids is 1. The summed E-state index contributed by atoms with van der Waals surface area (Å²) in [4.78, 5) is 13.4. The van der Waals surface area contributed by atoms with Crippen molar-refractivity contribution in [3.05, 3.63) is 29.8 Å². The standard InChI is InChI=1S/C13H19NO2/c1-4-7-13(15)14(2)10-11-8-5-6-9-12(11)16-3/h5-6,8-9H,4,7,10H2,1-3H3. The predicted molar refractivity (Wildman–Crippen MR) is 64.4 cm³/mol. The summed E-state index contributed by atoms with van der Waals surface area (Å²) < 4.78 is 5.25. The van der Waals surface area contributed by atoms with Crippen molar-refractivity contribution in [2.45, 2.75) is 26.3 Å². The van der Waals surface area contributed by atoms with Gasteiger partial charge in [-0.1, -0.05) is 25.1 Å². The summed E-state index contributed by atoms with van der Waals surface area (Å²) in [7, 11) is 3.47. The molecule has 3 nitrogen and oxygen atoms in total. The van der Waals surface area contributed by atoms with Crippen molar-refractivity contribution in [1.29, 1.82) is 0 Å². The molecule has 1 rings (SSSR count). The number of hydrogen-bond acceptors (Lipinski definition) is 2. The van der Waals surface area contributed by atoms with Gasteiger partial charge in [-0.2, -0.15) is 0 Å². The van der Waals surface area contributed by atoms with Crippen LogP contribution >= 0.6 is 0 Å². The van der Waals surface area contributed by atoms with Gasteiger partial charge in [0, 0.05) is 25.6 Å². The number of ether oxygens (including phenoxy) is 1. The average Bonchev–Trinajstić information content (AvgIpc) is 2.30. The van der Waals surface area contributed by atoms with Crippen LogP contribution in [0.2, 0.25) is 0 Å². The zero-order valence-electron chi connectivity index (χ0n) is 10.2. The van der Waals surface area contributed by atoms with Gasteiger partial charge in [0.15, 0.2) is 0 Å². The van der Waals surface area contributed by atoms with Crippen LogP contribution in [0.15, 0.2) is 24.3 Å². The Bertz CT molecular complexity index is 350. The first-order chi connectivity index (χ1) is 7.69. The zero-order valence-corrected chi connectivity index (χ0v) is 10.2. The van der Waals surface area contributed by atoms with Gasteiger partial charge in [-0.15, -0.1) is 0 Å². The number of rotatable bonds is 5. The van der Waals surface area contributed by atoms with E-state index in [4.69, 9.17) is 4.74 Å². The van der Waals surface area contributed by atoms with E-state index in [1.54, 1.807) is 12.0 Å². The molecule has 16 heavy (non-hydrogen) atoms. The fraction of sp³-hybridized carbons (Fsp3) is 0.462. The minimum Gasteiger partial charge on any atom is -0.496 e. The third-order valence-corrected chi connectivity index (χ3v) is 2.49. The van der Waals surface area contributed by atoms with Crippen molar-refractivity contribution >= 4 is 5.91 Å². The van der Waals surface area contributed by atoms with Gasteiger partial charge >= 0.3 is 0 Å². The lowest BCUT2D eigenvalue weighted by atomic mass is 10.2. The molecule has 1 amide bonds. The molecule has 88 valence electrons. The normalized spacial score (nSPS) is 9.94. The Morgan fingerprint density at radius 3 is 2.69 bits per heavy atom. The SMILES string of the molecule is CCCC(=O)N(C)Cc1ccccc1OC. The number of nitrogens with zero attached hydrogens (tertiary/aromatic N) is 1. The van der Waals surface area contributed by atoms with E-state index >= 15 is 0 Å². The van der Waals surface area contributed by atoms with Crippen LogP contribution < -0.4 is 4.74 Å². The second kappa shape index (κ2) is 6.16. The quantitative estimate of drug-likeness (QED) is 0.764. The monoisotopic (exact) mass is 221 g/mol. The molecule has 0 N–H and O–H groups in total. The summed E-state index contributed by atoms with van der Waals surface area (Å²) in [5.74, 6) is 1.01. The molecule has 0 heterocycles. The van der Waals surface area contributed by atoms with Gasteiger partial charge in [-0.3, -0.25) is 4.79 Å². The average molecular weight is 221 g/mol. The number of para-hydroxylation sites is 1. The molecule has 0 aliphatic heterocycles. The molecule has 0 saturated heterocycles. The zero-order chi connectivity index (χ0) is 12.0. The highest BCUT2D eigenvalue weighted by Crippen LogP contribution is 2.18. The van der Waals surface area contributed by atoms with Crippen molar-refractivity contribution < 1.29 is 9.53 Å². The molecule has 0 saturated carbocycles. The second-order valence-electron chi connectivity index (χ2n) is 3.81. The highest BCUT2D eigenvalue weighted by molar-refractivity contribution is 5.75. The Hall–Kier alpha value is -1.51. The van der Waals surface area contributed by atoms with Crippen LogP contribution in [0.1, 0.15) is 25.3 Å². The number of hydrogen-bond donors (Lipinski definition) is 0. The van der Waals surface area contributed by atoms with Gasteiger partial charge in [0.25, 0.3) is 0 Å². The minimum atomic E-state index is 0.174. The molecular formula is C13H19NO2. The summed E-state index contributed by atoms with van der Waals surface area (Å²) in [5, 5.41) is 0. The van der Waals surface area contributed by atoms with E-state index < -0.39 is 0 Å². The Labute approximate surface area is 97.0 Å². The van der Waals surface area contributed by atoms with Crippen molar-refractivity contribution in [3.63, 3.8) is 0 Å². The van der Waals surface area contributed by atoms with Crippen LogP contribution in [-0.2, 0) is 11.3 Å². The maximum atomic E-state index is 11.6. The third kappa shape index (κ3) is 3.26. The molecule has 1 aromatic carbocycles. The highest BCUT2D eigenvalue weighted by Gasteiger charge is 2.10. The van der Waals surface area contributed by atoms with Crippen LogP contribution in [0, 0.1) is 0 Å². The Morgan fingerprint density at radius 2 is 2.06 bits per heavy atom. The summed E-state index contributed by atoms with van der Waals surface area (Å²) in [6.45, 7) is 2.61. The summed E-state index contributed by atoms with van der Waals surface area (Å²) in [6.07, 6.45) is 1.49. The first-order valence-corrected chi connectivity index (χ1v) is 5.55. The molecule has 0 unspecified atom stereocenters. The van der Waals surface area contributed by atoms with E-state index in [9.17, 15) is 4.79 Å². The molecular weight excluding hydrogens is 202 g/mol. The highest BCUT2D eigenvalue weighted by atomic mass is 16.5. The number of benzene rings is 1. The lowest BCUT2D eigenvalue weighted by Crippen LogP contribution is -2.25. The summed E-state index contributed by atoms with van der Waals surface area (Å²) in [5.41, 5.74) is 1.04. The van der Waals surface area contributed by atoms with Gasteiger partial charge in [0.2, 0.25) is 5.91 Å². The first kappa shape index (κ1) is 12.6. The smallest absolute Gasteiger partial charge is 0.222 e. The van der Waals surface area contributed by atoms with Gasteiger partial charge in [-0.05, 0) is 12.5 Å². The molecule has 0 atom stereocenters. The van der Waals surface area contributed by atoms with Crippen LogP contribution in [0.25, 0.3) is 0 Å². The molecule has 0 radical (unpaired) electrons. The van der Waals surface area contributed by atoms with Crippen molar-refractivity contribution in [2.24, 2.45) is 0 Å². The predicted octanol–water partition coefficient (Wildman–Crippen LogP) is 2.45. The van der Waals surface area contributed by atoms with E-state index in [1.165, 1.54) is 0 Å². The topological polar surface area (TPSA) is 29.5 Å². The fourth-order valence-electron chi connectivity index (χ4n) is 1.58. The number of carbonyl (C=O) groups is 1. The maximum absolute atomic E-state index is 11.6. The van der Waals surface area contributed by atoms with E-state index in [2.05, 4.69) is 0 Å².